The fraction of sp³-hybridized carbons (Fsp3) is 0.515. The van der Waals surface area contributed by atoms with Crippen molar-refractivity contribution in [3.8, 4) is 0 Å². The summed E-state index contributed by atoms with van der Waals surface area (Å²) >= 11 is 0. The van der Waals surface area contributed by atoms with Gasteiger partial charge >= 0.3 is 12.4 Å². The Morgan fingerprint density at radius 3 is 1.44 bits per heavy atom. The number of alkyl halides is 6. The van der Waals surface area contributed by atoms with Crippen molar-refractivity contribution >= 4 is 26.5 Å². The van der Waals surface area contributed by atoms with E-state index in [0.29, 0.717) is 5.66 Å². The van der Waals surface area contributed by atoms with Crippen LogP contribution in [0.3, 0.4) is 0 Å². The monoisotopic (exact) mass is 610 g/mol. The van der Waals surface area contributed by atoms with Crippen LogP contribution in [-0.4, -0.2) is 17.0 Å². The van der Waals surface area contributed by atoms with Gasteiger partial charge < -0.3 is 0 Å². The van der Waals surface area contributed by atoms with E-state index in [1.54, 1.807) is 0 Å². The van der Waals surface area contributed by atoms with E-state index in [-0.39, 0.29) is 7.92 Å². The third-order valence-corrected chi connectivity index (χ3v) is 15.5. The van der Waals surface area contributed by atoms with Crippen molar-refractivity contribution < 1.29 is 26.3 Å². The lowest BCUT2D eigenvalue weighted by Crippen LogP contribution is -2.27. The van der Waals surface area contributed by atoms with Crippen molar-refractivity contribution in [1.29, 1.82) is 0 Å². The zero-order valence-electron chi connectivity index (χ0n) is 23.4. The van der Waals surface area contributed by atoms with Crippen LogP contribution in [0.25, 0.3) is 0 Å². The van der Waals surface area contributed by atoms with Gasteiger partial charge in [0.15, 0.2) is 0 Å². The van der Waals surface area contributed by atoms with Crippen molar-refractivity contribution in [1.82, 2.24) is 0 Å². The van der Waals surface area contributed by atoms with Crippen LogP contribution < -0.4 is 10.6 Å². The average Bonchev–Trinajstić information content (AvgIpc) is 3.44. The van der Waals surface area contributed by atoms with Gasteiger partial charge in [-0.3, -0.25) is 0 Å². The second-order valence-electron chi connectivity index (χ2n) is 11.6. The summed E-state index contributed by atoms with van der Waals surface area (Å²) in [5.41, 5.74) is 1.80. The van der Waals surface area contributed by atoms with Crippen LogP contribution in [0.15, 0.2) is 71.6 Å². The zero-order valence-corrected chi connectivity index (χ0v) is 25.2. The molecule has 0 saturated heterocycles. The first kappa shape index (κ1) is 30.8. The number of allylic oxidation sites excluding steroid dienone is 4. The van der Waals surface area contributed by atoms with Gasteiger partial charge in [-0.15, -0.1) is 0 Å². The van der Waals surface area contributed by atoms with Gasteiger partial charge in [0.2, 0.25) is 0 Å². The third kappa shape index (κ3) is 7.13. The SMILES string of the molecule is C[C@H](C1=C(P(c2ccc(C(F)(F)F)cc2)c2ccc(C(F)(F)F)cc2)C=CC1)P(C1CCCCC1)C1CCCCC1. The molecule has 1 atom stereocenters. The summed E-state index contributed by atoms with van der Waals surface area (Å²) in [6.45, 7) is 2.38. The molecule has 5 rings (SSSR count). The lowest BCUT2D eigenvalue weighted by atomic mass is 9.99. The fourth-order valence-electron chi connectivity index (χ4n) is 7.01. The maximum Gasteiger partial charge on any atom is 0.416 e. The maximum atomic E-state index is 13.4. The molecule has 0 N–H and O–H groups in total. The molecule has 3 aliphatic carbocycles. The smallest absolute Gasteiger partial charge is 0.166 e. The summed E-state index contributed by atoms with van der Waals surface area (Å²) in [5, 5.41) is 2.59. The predicted octanol–water partition coefficient (Wildman–Crippen LogP) is 10.9. The molecule has 0 radical (unpaired) electrons. The van der Waals surface area contributed by atoms with Crippen LogP contribution in [0.5, 0.6) is 0 Å². The molecule has 0 aromatic heterocycles. The summed E-state index contributed by atoms with van der Waals surface area (Å²) in [7, 11) is -1.60. The Kier molecular flexibility index (Phi) is 9.71. The molecule has 0 amide bonds. The number of hydrogen-bond acceptors (Lipinski definition) is 0. The first-order valence-electron chi connectivity index (χ1n) is 14.9. The van der Waals surface area contributed by atoms with E-state index in [2.05, 4.69) is 19.1 Å². The van der Waals surface area contributed by atoms with Crippen LogP contribution in [0.4, 0.5) is 26.3 Å². The molecule has 41 heavy (non-hydrogen) atoms. The molecule has 2 aromatic carbocycles. The minimum atomic E-state index is -4.45. The molecule has 2 saturated carbocycles. The highest BCUT2D eigenvalue weighted by Crippen LogP contribution is 2.63. The molecule has 3 aliphatic rings. The van der Waals surface area contributed by atoms with E-state index >= 15 is 0 Å². The lowest BCUT2D eigenvalue weighted by Gasteiger charge is -2.43. The predicted molar refractivity (Wildman–Crippen MR) is 160 cm³/mol. The summed E-state index contributed by atoms with van der Waals surface area (Å²) < 4.78 is 80.3. The van der Waals surface area contributed by atoms with Gasteiger partial charge in [-0.25, -0.2) is 0 Å². The van der Waals surface area contributed by atoms with Crippen molar-refractivity contribution in [2.45, 2.75) is 107 Å². The Morgan fingerprint density at radius 2 is 1.05 bits per heavy atom. The summed E-state index contributed by atoms with van der Waals surface area (Å²) in [4.78, 5) is 0. The van der Waals surface area contributed by atoms with E-state index in [1.807, 2.05) is 0 Å². The molecule has 0 aliphatic heterocycles. The fourth-order valence-corrected chi connectivity index (χ4v) is 14.1. The van der Waals surface area contributed by atoms with E-state index in [9.17, 15) is 26.3 Å². The highest BCUT2D eigenvalue weighted by atomic mass is 31.1. The van der Waals surface area contributed by atoms with Gasteiger partial charge in [0, 0.05) is 0 Å². The summed E-state index contributed by atoms with van der Waals surface area (Å²) in [6, 6.07) is 10.5. The molecule has 0 unspecified atom stereocenters. The van der Waals surface area contributed by atoms with Crippen molar-refractivity contribution in [3.63, 3.8) is 0 Å². The molecule has 0 bridgehead atoms. The molecular formula is C33H38F6P2. The number of rotatable bonds is 7. The Balaban J connectivity index is 1.57. The van der Waals surface area contributed by atoms with E-state index in [0.717, 1.165) is 57.9 Å². The molecule has 0 heterocycles. The molecule has 2 aromatic rings. The van der Waals surface area contributed by atoms with Crippen molar-refractivity contribution in [3.05, 3.63) is 82.7 Å². The Bertz CT molecular complexity index is 1140. The van der Waals surface area contributed by atoms with E-state index < -0.39 is 31.4 Å². The van der Waals surface area contributed by atoms with Crippen molar-refractivity contribution in [2.75, 3.05) is 0 Å². The Labute approximate surface area is 242 Å². The molecule has 8 heteroatoms. The van der Waals surface area contributed by atoms with Gasteiger partial charge in [-0.1, -0.05) is 95.4 Å². The Morgan fingerprint density at radius 1 is 0.634 bits per heavy atom. The highest BCUT2D eigenvalue weighted by molar-refractivity contribution is 7.77. The minimum Gasteiger partial charge on any atom is -0.166 e. The largest absolute Gasteiger partial charge is 0.416 e. The van der Waals surface area contributed by atoms with Crippen LogP contribution in [0.2, 0.25) is 0 Å². The first-order valence-corrected chi connectivity index (χ1v) is 17.7. The van der Waals surface area contributed by atoms with Crippen molar-refractivity contribution in [2.24, 2.45) is 0 Å². The van der Waals surface area contributed by atoms with Crippen LogP contribution >= 0.6 is 15.8 Å². The normalized spacial score (nSPS) is 20.4. The number of hydrogen-bond donors (Lipinski definition) is 0. The van der Waals surface area contributed by atoms with Gasteiger partial charge in [0.25, 0.3) is 0 Å². The van der Waals surface area contributed by atoms with Crippen LogP contribution in [0.1, 0.15) is 88.7 Å². The first-order chi connectivity index (χ1) is 19.5. The summed E-state index contributed by atoms with van der Waals surface area (Å²) in [5.74, 6) is 0. The molecular weight excluding hydrogens is 572 g/mol. The topological polar surface area (TPSA) is 0 Å². The van der Waals surface area contributed by atoms with E-state index in [4.69, 9.17) is 0 Å². The second-order valence-corrected chi connectivity index (χ2v) is 17.0. The third-order valence-electron chi connectivity index (χ3n) is 9.03. The van der Waals surface area contributed by atoms with Gasteiger partial charge in [-0.2, -0.15) is 26.3 Å². The molecule has 2 fully saturated rings. The van der Waals surface area contributed by atoms with Gasteiger partial charge in [-0.05, 0) is 97.2 Å². The quantitative estimate of drug-likeness (QED) is 0.216. The zero-order chi connectivity index (χ0) is 29.2. The molecule has 0 nitrogen and oxygen atoms in total. The van der Waals surface area contributed by atoms with Crippen LogP contribution in [0, 0.1) is 0 Å². The second kappa shape index (κ2) is 12.9. The maximum absolute atomic E-state index is 13.4. The number of benzene rings is 2. The number of halogens is 6. The minimum absolute atomic E-state index is 0.285. The van der Waals surface area contributed by atoms with Crippen LogP contribution in [-0.2, 0) is 12.4 Å². The molecule has 222 valence electrons. The highest BCUT2D eigenvalue weighted by Gasteiger charge is 2.38. The Hall–Kier alpha value is -1.64. The lowest BCUT2D eigenvalue weighted by molar-refractivity contribution is -0.138. The van der Waals surface area contributed by atoms with E-state index in [1.165, 1.54) is 94.0 Å². The molecule has 0 spiro atoms. The average molecular weight is 611 g/mol. The summed E-state index contributed by atoms with van der Waals surface area (Å²) in [6.07, 6.45) is 9.10. The van der Waals surface area contributed by atoms with Gasteiger partial charge in [0.1, 0.15) is 0 Å². The van der Waals surface area contributed by atoms with Gasteiger partial charge in [0.05, 0.1) is 11.1 Å². The standard InChI is InChI=1S/C33H38F6P2/c1-23(40(26-9-4-2-5-10-26)27-11-6-3-7-12-27)30-13-8-14-31(30)41(28-19-15-24(16-20-28)32(34,35)36)29-21-17-25(18-22-29)33(37,38)39/h8,14-23,26-27H,2-7,9-13H2,1H3/t23-/m1/s1.